The van der Waals surface area contributed by atoms with Crippen molar-refractivity contribution in [3.63, 3.8) is 0 Å². The summed E-state index contributed by atoms with van der Waals surface area (Å²) in [5.41, 5.74) is 4.58. The van der Waals surface area contributed by atoms with Crippen LogP contribution in [0.2, 0.25) is 5.02 Å². The molecular weight excluding hydrogens is 310 g/mol. The van der Waals surface area contributed by atoms with Crippen LogP contribution in [-0.4, -0.2) is 15.2 Å². The van der Waals surface area contributed by atoms with E-state index in [0.29, 0.717) is 6.61 Å². The lowest BCUT2D eigenvalue weighted by Crippen LogP contribution is -2.14. The molecule has 0 radical (unpaired) electrons. The normalized spacial score (nSPS) is 11.9. The number of H-pyrrole nitrogens is 1. The summed E-state index contributed by atoms with van der Waals surface area (Å²) in [4.78, 5) is 4.36. The van der Waals surface area contributed by atoms with Gasteiger partial charge in [-0.3, -0.25) is 10.1 Å². The third kappa shape index (κ3) is 3.17. The Morgan fingerprint density at radius 1 is 1.26 bits per heavy atom. The van der Waals surface area contributed by atoms with E-state index in [1.165, 1.54) is 0 Å². The van der Waals surface area contributed by atoms with Crippen LogP contribution < -0.4 is 4.74 Å². The van der Waals surface area contributed by atoms with Gasteiger partial charge in [-0.05, 0) is 42.2 Å². The summed E-state index contributed by atoms with van der Waals surface area (Å²) in [5, 5.41) is 8.04. The van der Waals surface area contributed by atoms with Crippen LogP contribution in [0, 0.1) is 6.92 Å². The third-order valence-corrected chi connectivity index (χ3v) is 4.23. The Kier molecular flexibility index (Phi) is 4.02. The molecule has 0 saturated carbocycles. The van der Waals surface area contributed by atoms with E-state index >= 15 is 0 Å². The maximum atomic E-state index is 6.29. The predicted octanol–water partition coefficient (Wildman–Crippen LogP) is 4.80. The fourth-order valence-electron chi connectivity index (χ4n) is 2.51. The molecule has 3 rings (SSSR count). The predicted molar refractivity (Wildman–Crippen MR) is 93.1 cm³/mol. The number of nitrogens with one attached hydrogen (secondary N) is 1. The highest BCUT2D eigenvalue weighted by molar-refractivity contribution is 6.31. The second-order valence-electron chi connectivity index (χ2n) is 6.71. The van der Waals surface area contributed by atoms with Crippen molar-refractivity contribution in [2.45, 2.75) is 39.7 Å². The number of halogens is 1. The van der Waals surface area contributed by atoms with Crippen molar-refractivity contribution in [3.05, 3.63) is 52.3 Å². The first-order valence-electron chi connectivity index (χ1n) is 7.57. The van der Waals surface area contributed by atoms with E-state index in [9.17, 15) is 0 Å². The van der Waals surface area contributed by atoms with Crippen LogP contribution in [0.3, 0.4) is 0 Å². The minimum atomic E-state index is -0.0570. The average molecular weight is 330 g/mol. The summed E-state index contributed by atoms with van der Waals surface area (Å²) in [6, 6.07) is 7.82. The first-order chi connectivity index (χ1) is 10.9. The molecule has 0 saturated heterocycles. The number of rotatable bonds is 3. The van der Waals surface area contributed by atoms with E-state index in [-0.39, 0.29) is 5.41 Å². The minimum Gasteiger partial charge on any atom is -0.487 e. The van der Waals surface area contributed by atoms with Crippen molar-refractivity contribution in [2.75, 3.05) is 0 Å². The Bertz CT molecular complexity index is 849. The molecule has 120 valence electrons. The number of ether oxygens (including phenoxy) is 1. The molecule has 0 aliphatic rings. The molecule has 0 unspecified atom stereocenters. The van der Waals surface area contributed by atoms with Crippen LogP contribution in [0.4, 0.5) is 0 Å². The van der Waals surface area contributed by atoms with Gasteiger partial charge in [0.1, 0.15) is 23.6 Å². The summed E-state index contributed by atoms with van der Waals surface area (Å²) in [6.45, 7) is 8.78. The van der Waals surface area contributed by atoms with Gasteiger partial charge in [0.2, 0.25) is 0 Å². The van der Waals surface area contributed by atoms with Gasteiger partial charge < -0.3 is 4.74 Å². The molecule has 4 nitrogen and oxygen atoms in total. The maximum absolute atomic E-state index is 6.29. The Labute approximate surface area is 140 Å². The quantitative estimate of drug-likeness (QED) is 0.751. The van der Waals surface area contributed by atoms with Crippen LogP contribution >= 0.6 is 11.6 Å². The van der Waals surface area contributed by atoms with Crippen LogP contribution in [-0.2, 0) is 12.0 Å². The molecule has 23 heavy (non-hydrogen) atoms. The maximum Gasteiger partial charge on any atom is 0.134 e. The van der Waals surface area contributed by atoms with Gasteiger partial charge in [-0.2, -0.15) is 5.10 Å². The first kappa shape index (κ1) is 15.8. The first-order valence-corrected chi connectivity index (χ1v) is 7.95. The fraction of sp³-hybridized carbons (Fsp3) is 0.333. The SMILES string of the molecule is Cc1cc(OCc2n[nH]c3cccnc23)c(C(C)(C)C)cc1Cl. The smallest absolute Gasteiger partial charge is 0.134 e. The molecule has 0 spiro atoms. The van der Waals surface area contributed by atoms with E-state index in [1.54, 1.807) is 6.20 Å². The molecule has 0 fully saturated rings. The zero-order valence-corrected chi connectivity index (χ0v) is 14.5. The number of hydrogen-bond acceptors (Lipinski definition) is 3. The summed E-state index contributed by atoms with van der Waals surface area (Å²) in [7, 11) is 0. The molecule has 2 aromatic heterocycles. The molecule has 0 amide bonds. The standard InChI is InChI=1S/C18H20ClN3O/c1-11-8-16(12(9-13(11)19)18(2,3)4)23-10-15-17-14(21-22-15)6-5-7-20-17/h5-9H,10H2,1-4H3,(H,21,22). The molecule has 2 heterocycles. The van der Waals surface area contributed by atoms with Gasteiger partial charge in [0.05, 0.1) is 5.52 Å². The molecule has 0 aliphatic carbocycles. The van der Waals surface area contributed by atoms with E-state index in [4.69, 9.17) is 16.3 Å². The minimum absolute atomic E-state index is 0.0570. The second-order valence-corrected chi connectivity index (χ2v) is 7.11. The number of pyridine rings is 1. The number of fused-ring (bicyclic) bond motifs is 1. The van der Waals surface area contributed by atoms with E-state index in [1.807, 2.05) is 31.2 Å². The average Bonchev–Trinajstić information content (AvgIpc) is 2.90. The van der Waals surface area contributed by atoms with Crippen molar-refractivity contribution < 1.29 is 4.74 Å². The third-order valence-electron chi connectivity index (χ3n) is 3.83. The number of aromatic amines is 1. The Balaban J connectivity index is 1.92. The van der Waals surface area contributed by atoms with Gasteiger partial charge in [0, 0.05) is 16.8 Å². The highest BCUT2D eigenvalue weighted by Crippen LogP contribution is 2.36. The Hall–Kier alpha value is -2.07. The summed E-state index contributed by atoms with van der Waals surface area (Å²) >= 11 is 6.29. The van der Waals surface area contributed by atoms with Crippen LogP contribution in [0.15, 0.2) is 30.5 Å². The lowest BCUT2D eigenvalue weighted by molar-refractivity contribution is 0.293. The number of benzene rings is 1. The van der Waals surface area contributed by atoms with Crippen LogP contribution in [0.1, 0.15) is 37.6 Å². The monoisotopic (exact) mass is 329 g/mol. The van der Waals surface area contributed by atoms with E-state index < -0.39 is 0 Å². The van der Waals surface area contributed by atoms with E-state index in [2.05, 4.69) is 36.0 Å². The van der Waals surface area contributed by atoms with Crippen molar-refractivity contribution in [1.29, 1.82) is 0 Å². The van der Waals surface area contributed by atoms with Crippen molar-refractivity contribution >= 4 is 22.6 Å². The van der Waals surface area contributed by atoms with Crippen LogP contribution in [0.25, 0.3) is 11.0 Å². The van der Waals surface area contributed by atoms with Crippen molar-refractivity contribution in [2.24, 2.45) is 0 Å². The zero-order chi connectivity index (χ0) is 16.6. The largest absolute Gasteiger partial charge is 0.487 e. The molecule has 0 bridgehead atoms. The van der Waals surface area contributed by atoms with Gasteiger partial charge in [-0.15, -0.1) is 0 Å². The Morgan fingerprint density at radius 3 is 2.78 bits per heavy atom. The molecule has 3 aromatic rings. The summed E-state index contributed by atoms with van der Waals surface area (Å²) in [5.74, 6) is 0.839. The van der Waals surface area contributed by atoms with Crippen molar-refractivity contribution in [3.8, 4) is 5.75 Å². The summed E-state index contributed by atoms with van der Waals surface area (Å²) < 4.78 is 6.07. The molecule has 1 aromatic carbocycles. The highest BCUT2D eigenvalue weighted by Gasteiger charge is 2.21. The number of aromatic nitrogens is 3. The van der Waals surface area contributed by atoms with Gasteiger partial charge in [-0.25, -0.2) is 0 Å². The number of aryl methyl sites for hydroxylation is 1. The van der Waals surface area contributed by atoms with Gasteiger partial charge >= 0.3 is 0 Å². The number of nitrogens with zero attached hydrogens (tertiary/aromatic N) is 2. The number of hydrogen-bond donors (Lipinski definition) is 1. The lowest BCUT2D eigenvalue weighted by Gasteiger charge is -2.23. The molecule has 0 atom stereocenters. The summed E-state index contributed by atoms with van der Waals surface area (Å²) in [6.07, 6.45) is 1.76. The Morgan fingerprint density at radius 2 is 2.04 bits per heavy atom. The topological polar surface area (TPSA) is 50.8 Å². The van der Waals surface area contributed by atoms with Gasteiger partial charge in [-0.1, -0.05) is 32.4 Å². The highest BCUT2D eigenvalue weighted by atomic mass is 35.5. The molecular formula is C18H20ClN3O. The van der Waals surface area contributed by atoms with Gasteiger partial charge in [0.25, 0.3) is 0 Å². The van der Waals surface area contributed by atoms with Crippen molar-refractivity contribution in [1.82, 2.24) is 15.2 Å². The second kappa shape index (κ2) is 5.85. The van der Waals surface area contributed by atoms with E-state index in [0.717, 1.165) is 38.6 Å². The van der Waals surface area contributed by atoms with Crippen LogP contribution in [0.5, 0.6) is 5.75 Å². The fourth-order valence-corrected chi connectivity index (χ4v) is 2.68. The lowest BCUT2D eigenvalue weighted by atomic mass is 9.86. The zero-order valence-electron chi connectivity index (χ0n) is 13.8. The molecule has 5 heteroatoms. The van der Waals surface area contributed by atoms with Gasteiger partial charge in [0.15, 0.2) is 0 Å². The molecule has 1 N–H and O–H groups in total. The molecule has 0 aliphatic heterocycles.